The van der Waals surface area contributed by atoms with Crippen LogP contribution >= 0.6 is 0 Å². The second-order valence-electron chi connectivity index (χ2n) is 6.48. The van der Waals surface area contributed by atoms with Crippen LogP contribution < -0.4 is 10.2 Å². The summed E-state index contributed by atoms with van der Waals surface area (Å²) in [5, 5.41) is 14.0. The number of amides is 1. The van der Waals surface area contributed by atoms with Gasteiger partial charge in [-0.2, -0.15) is 0 Å². The number of nitro groups is 1. The Morgan fingerprint density at radius 2 is 2.04 bits per heavy atom. The molecule has 1 amide bonds. The SMILES string of the molecule is CCCNC(=O)c1cc(N2CCN3CCC2CC3)ccc1[N+](=O)[O-]. The molecule has 130 valence electrons. The van der Waals surface area contributed by atoms with Crippen molar-refractivity contribution in [2.45, 2.75) is 32.2 Å². The molecule has 2 bridgehead atoms. The molecule has 1 N–H and O–H groups in total. The molecule has 0 spiro atoms. The van der Waals surface area contributed by atoms with Gasteiger partial charge in [0.2, 0.25) is 0 Å². The Kier molecular flexibility index (Phi) is 4.99. The molecule has 3 fully saturated rings. The highest BCUT2D eigenvalue weighted by Gasteiger charge is 2.30. The fourth-order valence-corrected chi connectivity index (χ4v) is 3.60. The smallest absolute Gasteiger partial charge is 0.282 e. The molecule has 3 heterocycles. The Bertz CT molecular complexity index is 626. The maximum Gasteiger partial charge on any atom is 0.282 e. The standard InChI is InChI=1S/C17H24N4O3/c1-2-7-18-17(22)15-12-14(3-4-16(15)21(23)24)20-11-10-19-8-5-13(20)6-9-19/h3-4,12-13H,2,5-11H2,1H3,(H,18,22). The molecule has 7 heteroatoms. The van der Waals surface area contributed by atoms with Crippen LogP contribution in [0.25, 0.3) is 0 Å². The number of nitrogens with zero attached hydrogens (tertiary/aromatic N) is 3. The van der Waals surface area contributed by atoms with Gasteiger partial charge in [-0.3, -0.25) is 14.9 Å². The molecule has 0 saturated carbocycles. The number of nitrogens with one attached hydrogen (secondary N) is 1. The maximum atomic E-state index is 12.3. The van der Waals surface area contributed by atoms with Crippen molar-refractivity contribution in [1.82, 2.24) is 10.2 Å². The molecule has 0 aliphatic carbocycles. The van der Waals surface area contributed by atoms with Crippen LogP contribution in [0.3, 0.4) is 0 Å². The number of benzene rings is 1. The minimum atomic E-state index is -0.482. The third kappa shape index (κ3) is 3.36. The van der Waals surface area contributed by atoms with Crippen LogP contribution in [0.1, 0.15) is 36.5 Å². The van der Waals surface area contributed by atoms with E-state index < -0.39 is 4.92 Å². The molecule has 4 rings (SSSR count). The zero-order chi connectivity index (χ0) is 17.1. The molecule has 0 radical (unpaired) electrons. The molecule has 7 nitrogen and oxygen atoms in total. The van der Waals surface area contributed by atoms with Gasteiger partial charge in [-0.25, -0.2) is 0 Å². The summed E-state index contributed by atoms with van der Waals surface area (Å²) in [7, 11) is 0. The first-order chi connectivity index (χ1) is 11.6. The summed E-state index contributed by atoms with van der Waals surface area (Å²) in [5.41, 5.74) is 0.941. The van der Waals surface area contributed by atoms with Crippen molar-refractivity contribution in [3.63, 3.8) is 0 Å². The number of fused-ring (bicyclic) bond motifs is 4. The Labute approximate surface area is 141 Å². The Morgan fingerprint density at radius 1 is 1.29 bits per heavy atom. The quantitative estimate of drug-likeness (QED) is 0.659. The van der Waals surface area contributed by atoms with E-state index in [2.05, 4.69) is 15.1 Å². The lowest BCUT2D eigenvalue weighted by Crippen LogP contribution is -2.38. The van der Waals surface area contributed by atoms with Gasteiger partial charge in [-0.05, 0) is 31.4 Å². The maximum absolute atomic E-state index is 12.3. The third-order valence-electron chi connectivity index (χ3n) is 4.94. The highest BCUT2D eigenvalue weighted by atomic mass is 16.6. The molecule has 3 saturated heterocycles. The third-order valence-corrected chi connectivity index (χ3v) is 4.94. The van der Waals surface area contributed by atoms with E-state index >= 15 is 0 Å². The average Bonchev–Trinajstić information content (AvgIpc) is 2.92. The minimum absolute atomic E-state index is 0.129. The number of hydrogen-bond donors (Lipinski definition) is 1. The van der Waals surface area contributed by atoms with Crippen LogP contribution in [0.2, 0.25) is 0 Å². The van der Waals surface area contributed by atoms with E-state index in [0.29, 0.717) is 12.6 Å². The van der Waals surface area contributed by atoms with Crippen molar-refractivity contribution in [1.29, 1.82) is 0 Å². The van der Waals surface area contributed by atoms with Gasteiger partial charge in [0.1, 0.15) is 5.56 Å². The van der Waals surface area contributed by atoms with Gasteiger partial charge in [-0.15, -0.1) is 0 Å². The van der Waals surface area contributed by atoms with Gasteiger partial charge in [0.25, 0.3) is 11.6 Å². The molecule has 0 unspecified atom stereocenters. The summed E-state index contributed by atoms with van der Waals surface area (Å²) in [6.45, 7) is 6.59. The van der Waals surface area contributed by atoms with Gasteiger partial charge in [0.15, 0.2) is 0 Å². The molecule has 1 aromatic rings. The van der Waals surface area contributed by atoms with Crippen LogP contribution in [0, 0.1) is 10.1 Å². The van der Waals surface area contributed by atoms with Crippen LogP contribution in [-0.2, 0) is 0 Å². The van der Waals surface area contributed by atoms with E-state index in [0.717, 1.165) is 51.1 Å². The second kappa shape index (κ2) is 7.17. The van der Waals surface area contributed by atoms with E-state index in [-0.39, 0.29) is 17.2 Å². The lowest BCUT2D eigenvalue weighted by atomic mass is 10.0. The van der Waals surface area contributed by atoms with Crippen molar-refractivity contribution in [2.24, 2.45) is 0 Å². The molecule has 1 aromatic carbocycles. The zero-order valence-electron chi connectivity index (χ0n) is 14.0. The number of rotatable bonds is 5. The van der Waals surface area contributed by atoms with Crippen molar-refractivity contribution < 1.29 is 9.72 Å². The first-order valence-corrected chi connectivity index (χ1v) is 8.65. The summed E-state index contributed by atoms with van der Waals surface area (Å²) in [4.78, 5) is 27.9. The molecular formula is C17H24N4O3. The van der Waals surface area contributed by atoms with Crippen LogP contribution in [-0.4, -0.2) is 54.5 Å². The Morgan fingerprint density at radius 3 is 2.71 bits per heavy atom. The predicted octanol–water partition coefficient (Wildman–Crippen LogP) is 2.02. The number of carbonyl (C=O) groups excluding carboxylic acids is 1. The van der Waals surface area contributed by atoms with Crippen molar-refractivity contribution in [3.05, 3.63) is 33.9 Å². The Hall–Kier alpha value is -2.15. The van der Waals surface area contributed by atoms with Gasteiger partial charge >= 0.3 is 0 Å². The second-order valence-corrected chi connectivity index (χ2v) is 6.48. The van der Waals surface area contributed by atoms with E-state index in [1.165, 1.54) is 6.07 Å². The molecule has 3 aliphatic rings. The minimum Gasteiger partial charge on any atom is -0.367 e. The zero-order valence-corrected chi connectivity index (χ0v) is 14.0. The molecule has 3 aliphatic heterocycles. The topological polar surface area (TPSA) is 78.7 Å². The molecular weight excluding hydrogens is 308 g/mol. The lowest BCUT2D eigenvalue weighted by molar-refractivity contribution is -0.385. The monoisotopic (exact) mass is 332 g/mol. The normalized spacial score (nSPS) is 23.0. The van der Waals surface area contributed by atoms with Gasteiger partial charge in [0.05, 0.1) is 4.92 Å². The van der Waals surface area contributed by atoms with E-state index in [1.54, 1.807) is 12.1 Å². The van der Waals surface area contributed by atoms with Crippen LogP contribution in [0.4, 0.5) is 11.4 Å². The number of carbonyl (C=O) groups is 1. The van der Waals surface area contributed by atoms with Gasteiger partial charge in [-0.1, -0.05) is 6.92 Å². The van der Waals surface area contributed by atoms with Crippen molar-refractivity contribution in [3.8, 4) is 0 Å². The van der Waals surface area contributed by atoms with Gasteiger partial charge < -0.3 is 15.1 Å². The van der Waals surface area contributed by atoms with Crippen molar-refractivity contribution >= 4 is 17.3 Å². The van der Waals surface area contributed by atoms with Crippen LogP contribution in [0.5, 0.6) is 0 Å². The van der Waals surface area contributed by atoms with E-state index in [9.17, 15) is 14.9 Å². The highest BCUT2D eigenvalue weighted by molar-refractivity contribution is 5.99. The average molecular weight is 332 g/mol. The summed E-state index contributed by atoms with van der Waals surface area (Å²) < 4.78 is 0. The first-order valence-electron chi connectivity index (χ1n) is 8.65. The number of nitro benzene ring substituents is 1. The summed E-state index contributed by atoms with van der Waals surface area (Å²) in [6.07, 6.45) is 3.01. The predicted molar refractivity (Wildman–Crippen MR) is 92.5 cm³/mol. The summed E-state index contributed by atoms with van der Waals surface area (Å²) in [6, 6.07) is 5.39. The van der Waals surface area contributed by atoms with Crippen molar-refractivity contribution in [2.75, 3.05) is 37.6 Å². The molecule has 0 atom stereocenters. The largest absolute Gasteiger partial charge is 0.367 e. The molecule has 0 aromatic heterocycles. The highest BCUT2D eigenvalue weighted by Crippen LogP contribution is 2.30. The number of hydrogen-bond acceptors (Lipinski definition) is 5. The van der Waals surface area contributed by atoms with Gasteiger partial charge in [0, 0.05) is 50.5 Å². The first kappa shape index (κ1) is 16.7. The number of anilines is 1. The van der Waals surface area contributed by atoms with E-state index in [1.807, 2.05) is 6.92 Å². The van der Waals surface area contributed by atoms with Crippen LogP contribution in [0.15, 0.2) is 18.2 Å². The summed E-state index contributed by atoms with van der Waals surface area (Å²) in [5.74, 6) is -0.367. The fourth-order valence-electron chi connectivity index (χ4n) is 3.60. The number of piperidine rings is 1. The molecule has 24 heavy (non-hydrogen) atoms. The fraction of sp³-hybridized carbons (Fsp3) is 0.588. The van der Waals surface area contributed by atoms with E-state index in [4.69, 9.17) is 0 Å². The lowest BCUT2D eigenvalue weighted by Gasteiger charge is -2.33. The Balaban J connectivity index is 1.91. The summed E-state index contributed by atoms with van der Waals surface area (Å²) >= 11 is 0.